The highest BCUT2D eigenvalue weighted by Gasteiger charge is 2.09. The lowest BCUT2D eigenvalue weighted by Gasteiger charge is -2.20. The molecule has 6 heteroatoms. The van der Waals surface area contributed by atoms with Crippen molar-refractivity contribution in [1.29, 1.82) is 0 Å². The normalized spacial score (nSPS) is 12.5. The van der Waals surface area contributed by atoms with Crippen LogP contribution in [0.2, 0.25) is 5.02 Å². The fraction of sp³-hybridized carbons (Fsp3) is 0.714. The molecule has 0 saturated heterocycles. The van der Waals surface area contributed by atoms with E-state index >= 15 is 0 Å². The molecular weight excluding hydrogens is 274 g/mol. The maximum absolute atomic E-state index is 6.10. The Kier molecular flexibility index (Phi) is 7.62. The second kappa shape index (κ2) is 8.97. The third kappa shape index (κ3) is 5.51. The van der Waals surface area contributed by atoms with E-state index in [1.54, 1.807) is 13.2 Å². The zero-order valence-corrected chi connectivity index (χ0v) is 13.7. The lowest BCUT2D eigenvalue weighted by Crippen LogP contribution is -2.25. The summed E-state index contributed by atoms with van der Waals surface area (Å²) in [5, 5.41) is 6.82. The summed E-state index contributed by atoms with van der Waals surface area (Å²) in [6.07, 6.45) is 3.87. The Morgan fingerprint density at radius 3 is 2.65 bits per heavy atom. The molecule has 2 N–H and O–H groups in total. The Morgan fingerprint density at radius 2 is 2.05 bits per heavy atom. The van der Waals surface area contributed by atoms with Gasteiger partial charge in [-0.15, -0.1) is 0 Å². The van der Waals surface area contributed by atoms with Crippen LogP contribution in [0.1, 0.15) is 33.6 Å². The van der Waals surface area contributed by atoms with Crippen molar-refractivity contribution in [2.75, 3.05) is 37.3 Å². The van der Waals surface area contributed by atoms with Crippen molar-refractivity contribution in [2.24, 2.45) is 0 Å². The summed E-state index contributed by atoms with van der Waals surface area (Å²) in [6, 6.07) is 0.336. The van der Waals surface area contributed by atoms with E-state index in [0.717, 1.165) is 32.5 Å². The molecule has 1 aromatic heterocycles. The molecule has 114 valence electrons. The first-order valence-corrected chi connectivity index (χ1v) is 7.67. The van der Waals surface area contributed by atoms with Crippen molar-refractivity contribution in [3.63, 3.8) is 0 Å². The first-order valence-electron chi connectivity index (χ1n) is 7.29. The Bertz CT molecular complexity index is 395. The van der Waals surface area contributed by atoms with Crippen LogP contribution in [0.5, 0.6) is 0 Å². The van der Waals surface area contributed by atoms with Crippen molar-refractivity contribution >= 4 is 23.4 Å². The van der Waals surface area contributed by atoms with Crippen molar-refractivity contribution in [2.45, 2.75) is 39.7 Å². The van der Waals surface area contributed by atoms with Gasteiger partial charge < -0.3 is 15.5 Å². The quantitative estimate of drug-likeness (QED) is 0.734. The minimum absolute atomic E-state index is 0.336. The maximum atomic E-state index is 6.10. The van der Waals surface area contributed by atoms with Gasteiger partial charge in [-0.25, -0.2) is 4.98 Å². The number of aromatic nitrogens is 2. The van der Waals surface area contributed by atoms with Gasteiger partial charge in [0, 0.05) is 13.1 Å². The molecule has 0 aliphatic heterocycles. The summed E-state index contributed by atoms with van der Waals surface area (Å²) in [6.45, 7) is 9.91. The lowest BCUT2D eigenvalue weighted by atomic mass is 10.1. The molecule has 1 aromatic rings. The lowest BCUT2D eigenvalue weighted by molar-refractivity contribution is 0.295. The van der Waals surface area contributed by atoms with Crippen LogP contribution in [0.3, 0.4) is 0 Å². The van der Waals surface area contributed by atoms with E-state index in [4.69, 9.17) is 11.6 Å². The molecule has 5 nitrogen and oxygen atoms in total. The van der Waals surface area contributed by atoms with Gasteiger partial charge in [0.1, 0.15) is 5.02 Å². The second-order valence-corrected chi connectivity index (χ2v) is 5.26. The highest BCUT2D eigenvalue weighted by Crippen LogP contribution is 2.20. The topological polar surface area (TPSA) is 53.1 Å². The molecule has 20 heavy (non-hydrogen) atoms. The standard InChI is InChI=1S/C14H26ClN5/c1-5-20(6-2)9-7-8-11(3)18-13-12(15)10-17-14(16-4)19-13/h10-11H,5-9H2,1-4H3,(H2,16,17,18,19). The summed E-state index contributed by atoms with van der Waals surface area (Å²) in [5.41, 5.74) is 0. The Labute approximate surface area is 127 Å². The van der Waals surface area contributed by atoms with Crippen LogP contribution in [-0.2, 0) is 0 Å². The molecule has 0 amide bonds. The molecule has 0 spiro atoms. The molecule has 1 heterocycles. The van der Waals surface area contributed by atoms with Gasteiger partial charge in [-0.05, 0) is 39.4 Å². The Hall–Kier alpha value is -1.07. The molecule has 0 radical (unpaired) electrons. The number of hydrogen-bond acceptors (Lipinski definition) is 5. The minimum Gasteiger partial charge on any atom is -0.366 e. The van der Waals surface area contributed by atoms with Crippen LogP contribution in [0.25, 0.3) is 0 Å². The first kappa shape index (κ1) is 17.0. The van der Waals surface area contributed by atoms with E-state index in [1.165, 1.54) is 0 Å². The van der Waals surface area contributed by atoms with E-state index in [9.17, 15) is 0 Å². The van der Waals surface area contributed by atoms with Crippen molar-refractivity contribution < 1.29 is 0 Å². The molecule has 0 aromatic carbocycles. The van der Waals surface area contributed by atoms with Crippen LogP contribution in [0.4, 0.5) is 11.8 Å². The number of hydrogen-bond donors (Lipinski definition) is 2. The molecule has 1 rings (SSSR count). The van der Waals surface area contributed by atoms with E-state index in [2.05, 4.69) is 46.3 Å². The third-order valence-corrected chi connectivity index (χ3v) is 3.63. The van der Waals surface area contributed by atoms with Crippen LogP contribution in [0, 0.1) is 0 Å². The molecular formula is C14H26ClN5. The van der Waals surface area contributed by atoms with Crippen LogP contribution < -0.4 is 10.6 Å². The van der Waals surface area contributed by atoms with Gasteiger partial charge in [0.15, 0.2) is 5.82 Å². The van der Waals surface area contributed by atoms with E-state index in [-0.39, 0.29) is 0 Å². The zero-order valence-electron chi connectivity index (χ0n) is 12.9. The predicted molar refractivity (Wildman–Crippen MR) is 86.7 cm³/mol. The minimum atomic E-state index is 0.336. The molecule has 0 saturated carbocycles. The third-order valence-electron chi connectivity index (χ3n) is 3.36. The van der Waals surface area contributed by atoms with Gasteiger partial charge >= 0.3 is 0 Å². The number of anilines is 2. The van der Waals surface area contributed by atoms with Crippen LogP contribution >= 0.6 is 11.6 Å². The summed E-state index contributed by atoms with van der Waals surface area (Å²) in [7, 11) is 1.79. The summed E-state index contributed by atoms with van der Waals surface area (Å²) in [4.78, 5) is 10.8. The number of halogens is 1. The van der Waals surface area contributed by atoms with Gasteiger partial charge in [0.25, 0.3) is 0 Å². The van der Waals surface area contributed by atoms with Crippen LogP contribution in [0.15, 0.2) is 6.20 Å². The predicted octanol–water partition coefficient (Wildman–Crippen LogP) is 3.09. The summed E-state index contributed by atoms with van der Waals surface area (Å²) < 4.78 is 0. The van der Waals surface area contributed by atoms with Gasteiger partial charge in [0.05, 0.1) is 6.20 Å². The summed E-state index contributed by atoms with van der Waals surface area (Å²) in [5.74, 6) is 1.27. The van der Waals surface area contributed by atoms with Crippen LogP contribution in [-0.4, -0.2) is 47.6 Å². The first-order chi connectivity index (χ1) is 9.60. The van der Waals surface area contributed by atoms with Gasteiger partial charge in [-0.3, -0.25) is 0 Å². The second-order valence-electron chi connectivity index (χ2n) is 4.85. The monoisotopic (exact) mass is 299 g/mol. The zero-order chi connectivity index (χ0) is 15.0. The molecule has 0 aliphatic carbocycles. The molecule has 0 bridgehead atoms. The Morgan fingerprint density at radius 1 is 1.35 bits per heavy atom. The van der Waals surface area contributed by atoms with Gasteiger partial charge in [-0.1, -0.05) is 25.4 Å². The highest BCUT2D eigenvalue weighted by molar-refractivity contribution is 6.32. The SMILES string of the molecule is CCN(CC)CCCC(C)Nc1nc(NC)ncc1Cl. The van der Waals surface area contributed by atoms with E-state index in [1.807, 2.05) is 0 Å². The number of nitrogens with one attached hydrogen (secondary N) is 2. The average molecular weight is 300 g/mol. The largest absolute Gasteiger partial charge is 0.366 e. The highest BCUT2D eigenvalue weighted by atomic mass is 35.5. The molecule has 0 fully saturated rings. The van der Waals surface area contributed by atoms with Crippen molar-refractivity contribution in [3.8, 4) is 0 Å². The number of rotatable bonds is 9. The van der Waals surface area contributed by atoms with Crippen molar-refractivity contribution in [3.05, 3.63) is 11.2 Å². The Balaban J connectivity index is 2.44. The van der Waals surface area contributed by atoms with Gasteiger partial charge in [0.2, 0.25) is 5.95 Å². The van der Waals surface area contributed by atoms with E-state index in [0.29, 0.717) is 22.8 Å². The van der Waals surface area contributed by atoms with Crippen molar-refractivity contribution in [1.82, 2.24) is 14.9 Å². The van der Waals surface area contributed by atoms with Gasteiger partial charge in [-0.2, -0.15) is 4.98 Å². The number of nitrogens with zero attached hydrogens (tertiary/aromatic N) is 3. The molecule has 1 atom stereocenters. The van der Waals surface area contributed by atoms with E-state index < -0.39 is 0 Å². The maximum Gasteiger partial charge on any atom is 0.224 e. The fourth-order valence-corrected chi connectivity index (χ4v) is 2.20. The molecule has 0 aliphatic rings. The fourth-order valence-electron chi connectivity index (χ4n) is 2.06. The smallest absolute Gasteiger partial charge is 0.224 e. The average Bonchev–Trinajstić information content (AvgIpc) is 2.46. The summed E-state index contributed by atoms with van der Waals surface area (Å²) >= 11 is 6.10. The molecule has 1 unspecified atom stereocenters.